The van der Waals surface area contributed by atoms with Crippen molar-refractivity contribution in [2.45, 2.75) is 6.10 Å². The summed E-state index contributed by atoms with van der Waals surface area (Å²) in [7, 11) is 0. The van der Waals surface area contributed by atoms with E-state index in [0.717, 1.165) is 11.5 Å². The molecule has 0 N–H and O–H groups in total. The third kappa shape index (κ3) is 0.578. The molecule has 0 aliphatic carbocycles. The molecule has 1 nitrogen and oxygen atoms in total. The van der Waals surface area contributed by atoms with Gasteiger partial charge in [0, 0.05) is 11.5 Å². The Bertz CT molecular complexity index is 33.9. The normalized spacial score (nSPS) is 25.8. The van der Waals surface area contributed by atoms with E-state index in [-0.39, 0.29) is 6.10 Å². The molecule has 1 radical (unpaired) electrons. The summed E-state index contributed by atoms with van der Waals surface area (Å²) in [4.78, 5) is 0. The highest BCUT2D eigenvalue weighted by atomic mass is 32.2. The van der Waals surface area contributed by atoms with E-state index in [4.69, 9.17) is 0 Å². The van der Waals surface area contributed by atoms with E-state index in [2.05, 4.69) is 0 Å². The Labute approximate surface area is 35.4 Å². The van der Waals surface area contributed by atoms with Gasteiger partial charge in [-0.2, -0.15) is 11.8 Å². The second-order valence-corrected chi connectivity index (χ2v) is 2.23. The van der Waals surface area contributed by atoms with Gasteiger partial charge in [-0.15, -0.1) is 0 Å². The molecule has 5 heavy (non-hydrogen) atoms. The molecule has 0 unspecified atom stereocenters. The van der Waals surface area contributed by atoms with Crippen LogP contribution in [0.4, 0.5) is 0 Å². The van der Waals surface area contributed by atoms with Crippen molar-refractivity contribution in [3.8, 4) is 0 Å². The van der Waals surface area contributed by atoms with Crippen molar-refractivity contribution < 1.29 is 5.11 Å². The molecular weight excluding hydrogens is 84.1 g/mol. The quantitative estimate of drug-likeness (QED) is 0.424. The molecule has 1 rings (SSSR count). The van der Waals surface area contributed by atoms with Crippen LogP contribution < -0.4 is 0 Å². The minimum absolute atomic E-state index is 0.222. The molecule has 0 atom stereocenters. The van der Waals surface area contributed by atoms with Gasteiger partial charge in [0.15, 0.2) is 0 Å². The summed E-state index contributed by atoms with van der Waals surface area (Å²) in [5.74, 6) is 1.69. The van der Waals surface area contributed by atoms with Gasteiger partial charge in [-0.3, -0.25) is 0 Å². The average Bonchev–Trinajstić information content (AvgIpc) is 1.30. The molecule has 0 bridgehead atoms. The standard InChI is InChI=1S/C3H5OS/c4-3-1-5-2-3/h3H,1-2H2. The van der Waals surface area contributed by atoms with Gasteiger partial charge >= 0.3 is 0 Å². The Morgan fingerprint density at radius 2 is 2.00 bits per heavy atom. The van der Waals surface area contributed by atoms with Gasteiger partial charge in [-0.25, -0.2) is 5.11 Å². The molecular formula is C3H5OS. The van der Waals surface area contributed by atoms with E-state index < -0.39 is 0 Å². The van der Waals surface area contributed by atoms with Crippen molar-refractivity contribution in [3.05, 3.63) is 0 Å². The third-order valence-electron chi connectivity index (χ3n) is 0.607. The molecule has 1 aliphatic heterocycles. The molecule has 0 aromatic carbocycles. The van der Waals surface area contributed by atoms with Gasteiger partial charge in [0.1, 0.15) is 6.10 Å². The smallest absolute Gasteiger partial charge is 0.111 e. The molecule has 1 fully saturated rings. The van der Waals surface area contributed by atoms with E-state index in [0.29, 0.717) is 0 Å². The molecule has 1 aliphatic rings. The highest BCUT2D eigenvalue weighted by Gasteiger charge is 2.14. The van der Waals surface area contributed by atoms with Crippen LogP contribution in [0.25, 0.3) is 0 Å². The molecule has 0 amide bonds. The number of hydrogen-bond acceptors (Lipinski definition) is 1. The Kier molecular flexibility index (Phi) is 0.830. The summed E-state index contributed by atoms with van der Waals surface area (Å²) < 4.78 is 0. The minimum Gasteiger partial charge on any atom is -0.231 e. The first kappa shape index (κ1) is 3.50. The maximum Gasteiger partial charge on any atom is 0.111 e. The Morgan fingerprint density at radius 3 is 2.00 bits per heavy atom. The lowest BCUT2D eigenvalue weighted by Gasteiger charge is -2.14. The Balaban J connectivity index is 2.08. The van der Waals surface area contributed by atoms with Gasteiger partial charge in [-0.1, -0.05) is 0 Å². The first-order valence-electron chi connectivity index (χ1n) is 1.63. The van der Waals surface area contributed by atoms with Crippen LogP contribution >= 0.6 is 11.8 Å². The topological polar surface area (TPSA) is 19.9 Å². The fraction of sp³-hybridized carbons (Fsp3) is 1.00. The third-order valence-corrected chi connectivity index (χ3v) is 1.82. The second kappa shape index (κ2) is 1.19. The summed E-state index contributed by atoms with van der Waals surface area (Å²) in [6, 6.07) is 0. The van der Waals surface area contributed by atoms with Gasteiger partial charge in [0.2, 0.25) is 0 Å². The zero-order chi connectivity index (χ0) is 3.70. The van der Waals surface area contributed by atoms with E-state index in [9.17, 15) is 5.11 Å². The Hall–Kier alpha value is 0.310. The molecule has 0 saturated carbocycles. The van der Waals surface area contributed by atoms with Crippen LogP contribution in [0.5, 0.6) is 0 Å². The first-order valence-corrected chi connectivity index (χ1v) is 2.78. The summed E-state index contributed by atoms with van der Waals surface area (Å²) in [6.07, 6.45) is -0.222. The monoisotopic (exact) mass is 89.0 g/mol. The van der Waals surface area contributed by atoms with Crippen LogP contribution in [-0.4, -0.2) is 17.6 Å². The van der Waals surface area contributed by atoms with E-state index >= 15 is 0 Å². The molecule has 0 spiro atoms. The molecule has 2 heteroatoms. The Morgan fingerprint density at radius 1 is 1.60 bits per heavy atom. The summed E-state index contributed by atoms with van der Waals surface area (Å²) in [5.41, 5.74) is 0. The van der Waals surface area contributed by atoms with E-state index in [1.165, 1.54) is 0 Å². The lowest BCUT2D eigenvalue weighted by Crippen LogP contribution is -2.21. The lowest BCUT2D eigenvalue weighted by molar-refractivity contribution is 0.121. The fourth-order valence-corrected chi connectivity index (χ4v) is 0.642. The highest BCUT2D eigenvalue weighted by Crippen LogP contribution is 2.16. The zero-order valence-corrected chi connectivity index (χ0v) is 3.62. The maximum atomic E-state index is 9.96. The fourth-order valence-electron chi connectivity index (χ4n) is 0.214. The average molecular weight is 89.1 g/mol. The van der Waals surface area contributed by atoms with E-state index in [1.807, 2.05) is 0 Å². The number of thioether (sulfide) groups is 1. The largest absolute Gasteiger partial charge is 0.231 e. The van der Waals surface area contributed by atoms with E-state index in [1.54, 1.807) is 11.8 Å². The van der Waals surface area contributed by atoms with Crippen LogP contribution in [0, 0.1) is 0 Å². The van der Waals surface area contributed by atoms with Crippen LogP contribution in [0.1, 0.15) is 0 Å². The summed E-state index contributed by atoms with van der Waals surface area (Å²) >= 11 is 1.73. The van der Waals surface area contributed by atoms with Crippen molar-refractivity contribution in [1.29, 1.82) is 0 Å². The van der Waals surface area contributed by atoms with Crippen molar-refractivity contribution in [3.63, 3.8) is 0 Å². The van der Waals surface area contributed by atoms with Crippen molar-refractivity contribution in [2.75, 3.05) is 11.5 Å². The minimum atomic E-state index is -0.222. The van der Waals surface area contributed by atoms with Crippen molar-refractivity contribution in [2.24, 2.45) is 0 Å². The number of rotatable bonds is 0. The van der Waals surface area contributed by atoms with Crippen LogP contribution in [0.15, 0.2) is 0 Å². The van der Waals surface area contributed by atoms with Crippen LogP contribution in [-0.2, 0) is 5.11 Å². The van der Waals surface area contributed by atoms with Crippen LogP contribution in [0.2, 0.25) is 0 Å². The maximum absolute atomic E-state index is 9.96. The number of hydrogen-bond donors (Lipinski definition) is 0. The second-order valence-electron chi connectivity index (χ2n) is 1.16. The van der Waals surface area contributed by atoms with Crippen LogP contribution in [0.3, 0.4) is 0 Å². The zero-order valence-electron chi connectivity index (χ0n) is 2.81. The summed E-state index contributed by atoms with van der Waals surface area (Å²) in [6.45, 7) is 0. The van der Waals surface area contributed by atoms with Crippen molar-refractivity contribution >= 4 is 11.8 Å². The lowest BCUT2D eigenvalue weighted by atomic mass is 10.5. The predicted octanol–water partition coefficient (Wildman–Crippen LogP) is 0.532. The molecule has 0 aromatic heterocycles. The van der Waals surface area contributed by atoms with Gasteiger partial charge in [0.25, 0.3) is 0 Å². The predicted molar refractivity (Wildman–Crippen MR) is 21.8 cm³/mol. The van der Waals surface area contributed by atoms with Gasteiger partial charge < -0.3 is 0 Å². The highest BCUT2D eigenvalue weighted by molar-refractivity contribution is 8.00. The van der Waals surface area contributed by atoms with Gasteiger partial charge in [-0.05, 0) is 0 Å². The van der Waals surface area contributed by atoms with Crippen molar-refractivity contribution in [1.82, 2.24) is 0 Å². The van der Waals surface area contributed by atoms with Gasteiger partial charge in [0.05, 0.1) is 0 Å². The molecule has 1 saturated heterocycles. The molecule has 29 valence electrons. The molecule has 0 aromatic rings. The molecule has 1 heterocycles. The summed E-state index contributed by atoms with van der Waals surface area (Å²) in [5, 5.41) is 9.96. The first-order chi connectivity index (χ1) is 2.39. The SMILES string of the molecule is [O]C1CSC1.